The molecule has 0 aliphatic carbocycles. The molecule has 1 aromatic heterocycles. The summed E-state index contributed by atoms with van der Waals surface area (Å²) in [4.78, 5) is 19.9. The van der Waals surface area contributed by atoms with Crippen LogP contribution in [0.1, 0.15) is 20.3 Å². The first-order chi connectivity index (χ1) is 11.4. The molecule has 0 radical (unpaired) electrons. The molecule has 0 spiro atoms. The van der Waals surface area contributed by atoms with E-state index in [9.17, 15) is 9.90 Å². The molecule has 0 amide bonds. The van der Waals surface area contributed by atoms with Crippen LogP contribution in [0.4, 0.5) is 5.82 Å². The first kappa shape index (κ1) is 18.1. The molecular formula is C16H20ClN3O4. The van der Waals surface area contributed by atoms with Crippen molar-refractivity contribution in [2.75, 3.05) is 19.5 Å². The van der Waals surface area contributed by atoms with Crippen molar-refractivity contribution in [2.45, 2.75) is 26.3 Å². The standard InChI is InChI=1S/C16H20ClN3O4/c1-5-8(2)13(15(21)22)19-14-9-6-11(23-3)12(24-4)7-10(9)18-16(17)20-14/h6-8,13H,5H2,1-4H3,(H,21,22)(H,18,19,20). The van der Waals surface area contributed by atoms with Gasteiger partial charge >= 0.3 is 5.97 Å². The van der Waals surface area contributed by atoms with Crippen LogP contribution in [-0.2, 0) is 4.79 Å². The van der Waals surface area contributed by atoms with Gasteiger partial charge in [-0.1, -0.05) is 20.3 Å². The number of nitrogens with zero attached hydrogens (tertiary/aromatic N) is 2. The van der Waals surface area contributed by atoms with E-state index in [0.717, 1.165) is 0 Å². The van der Waals surface area contributed by atoms with E-state index in [1.165, 1.54) is 14.2 Å². The Morgan fingerprint density at radius 2 is 1.92 bits per heavy atom. The Kier molecular flexibility index (Phi) is 5.66. The molecule has 1 heterocycles. The molecular weight excluding hydrogens is 334 g/mol. The quantitative estimate of drug-likeness (QED) is 0.738. The fraction of sp³-hybridized carbons (Fsp3) is 0.438. The number of aromatic nitrogens is 2. The van der Waals surface area contributed by atoms with E-state index in [0.29, 0.717) is 34.6 Å². The van der Waals surface area contributed by atoms with Crippen LogP contribution in [0.5, 0.6) is 11.5 Å². The van der Waals surface area contributed by atoms with Crippen LogP contribution in [0, 0.1) is 5.92 Å². The number of hydrogen-bond donors (Lipinski definition) is 2. The van der Waals surface area contributed by atoms with Crippen molar-refractivity contribution in [1.29, 1.82) is 0 Å². The maximum atomic E-state index is 11.6. The Bertz CT molecular complexity index is 754. The van der Waals surface area contributed by atoms with Gasteiger partial charge in [0.25, 0.3) is 0 Å². The number of nitrogens with one attached hydrogen (secondary N) is 1. The van der Waals surface area contributed by atoms with E-state index >= 15 is 0 Å². The van der Waals surface area contributed by atoms with Gasteiger partial charge in [-0.25, -0.2) is 14.8 Å². The zero-order valence-corrected chi connectivity index (χ0v) is 14.7. The lowest BCUT2D eigenvalue weighted by molar-refractivity contribution is -0.139. The Morgan fingerprint density at radius 3 is 2.46 bits per heavy atom. The highest BCUT2D eigenvalue weighted by Crippen LogP contribution is 2.35. The number of halogens is 1. The van der Waals surface area contributed by atoms with Gasteiger partial charge < -0.3 is 19.9 Å². The molecule has 7 nitrogen and oxygen atoms in total. The van der Waals surface area contributed by atoms with Gasteiger partial charge in [0, 0.05) is 11.5 Å². The van der Waals surface area contributed by atoms with Crippen LogP contribution >= 0.6 is 11.6 Å². The number of ether oxygens (including phenoxy) is 2. The average molecular weight is 354 g/mol. The number of carboxylic acid groups (broad SMARTS) is 1. The van der Waals surface area contributed by atoms with Crippen LogP contribution < -0.4 is 14.8 Å². The van der Waals surface area contributed by atoms with Gasteiger partial charge in [0.1, 0.15) is 11.9 Å². The average Bonchev–Trinajstić information content (AvgIpc) is 2.57. The van der Waals surface area contributed by atoms with E-state index in [4.69, 9.17) is 21.1 Å². The summed E-state index contributed by atoms with van der Waals surface area (Å²) in [5, 5.41) is 13.1. The predicted molar refractivity (Wildman–Crippen MR) is 92.2 cm³/mol. The van der Waals surface area contributed by atoms with E-state index in [1.54, 1.807) is 12.1 Å². The van der Waals surface area contributed by atoms with Crippen molar-refractivity contribution in [3.05, 3.63) is 17.4 Å². The molecule has 2 rings (SSSR count). The summed E-state index contributed by atoms with van der Waals surface area (Å²) in [5.41, 5.74) is 0.531. The number of carbonyl (C=O) groups is 1. The van der Waals surface area contributed by atoms with Crippen LogP contribution in [0.15, 0.2) is 12.1 Å². The third-order valence-electron chi connectivity index (χ3n) is 3.95. The van der Waals surface area contributed by atoms with Crippen molar-refractivity contribution in [2.24, 2.45) is 5.92 Å². The highest BCUT2D eigenvalue weighted by molar-refractivity contribution is 6.28. The Hall–Kier alpha value is -2.28. The number of anilines is 1. The molecule has 2 atom stereocenters. The highest BCUT2D eigenvalue weighted by atomic mass is 35.5. The zero-order chi connectivity index (χ0) is 17.9. The Labute approximate surface area is 145 Å². The summed E-state index contributed by atoms with van der Waals surface area (Å²) in [5.74, 6) is 0.301. The molecule has 2 N–H and O–H groups in total. The fourth-order valence-electron chi connectivity index (χ4n) is 2.37. The summed E-state index contributed by atoms with van der Waals surface area (Å²) in [7, 11) is 3.04. The van der Waals surface area contributed by atoms with Crippen LogP contribution in [-0.4, -0.2) is 41.3 Å². The number of fused-ring (bicyclic) bond motifs is 1. The van der Waals surface area contributed by atoms with Gasteiger partial charge in [0.05, 0.1) is 19.7 Å². The number of rotatable bonds is 7. The third-order valence-corrected chi connectivity index (χ3v) is 4.11. The molecule has 130 valence electrons. The molecule has 2 unspecified atom stereocenters. The van der Waals surface area contributed by atoms with E-state index < -0.39 is 12.0 Å². The van der Waals surface area contributed by atoms with Gasteiger partial charge in [0.2, 0.25) is 5.28 Å². The number of methoxy groups -OCH3 is 2. The zero-order valence-electron chi connectivity index (χ0n) is 14.0. The molecule has 2 aromatic rings. The molecule has 1 aromatic carbocycles. The minimum atomic E-state index is -0.951. The fourth-order valence-corrected chi connectivity index (χ4v) is 2.54. The van der Waals surface area contributed by atoms with Crippen LogP contribution in [0.25, 0.3) is 10.9 Å². The van der Waals surface area contributed by atoms with Crippen molar-refractivity contribution in [1.82, 2.24) is 9.97 Å². The van der Waals surface area contributed by atoms with Crippen molar-refractivity contribution in [3.8, 4) is 11.5 Å². The summed E-state index contributed by atoms with van der Waals surface area (Å²) in [6.45, 7) is 3.79. The lowest BCUT2D eigenvalue weighted by atomic mass is 9.99. The Balaban J connectivity index is 2.58. The van der Waals surface area contributed by atoms with Crippen LogP contribution in [0.3, 0.4) is 0 Å². The molecule has 0 fully saturated rings. The number of aliphatic carboxylic acids is 1. The summed E-state index contributed by atoms with van der Waals surface area (Å²) >= 11 is 5.99. The minimum absolute atomic E-state index is 0.0190. The van der Waals surface area contributed by atoms with Crippen LogP contribution in [0.2, 0.25) is 5.28 Å². The largest absolute Gasteiger partial charge is 0.493 e. The molecule has 0 aliphatic rings. The normalized spacial score (nSPS) is 13.4. The van der Waals surface area contributed by atoms with E-state index in [-0.39, 0.29) is 11.2 Å². The maximum absolute atomic E-state index is 11.6. The lowest BCUT2D eigenvalue weighted by Crippen LogP contribution is -2.35. The molecule has 0 saturated heterocycles. The number of benzene rings is 1. The minimum Gasteiger partial charge on any atom is -0.493 e. The van der Waals surface area contributed by atoms with E-state index in [2.05, 4.69) is 15.3 Å². The van der Waals surface area contributed by atoms with Gasteiger partial charge in [-0.15, -0.1) is 0 Å². The smallest absolute Gasteiger partial charge is 0.326 e. The Morgan fingerprint density at radius 1 is 1.29 bits per heavy atom. The molecule has 0 bridgehead atoms. The van der Waals surface area contributed by atoms with Gasteiger partial charge in [-0.3, -0.25) is 0 Å². The first-order valence-corrected chi connectivity index (χ1v) is 7.87. The molecule has 24 heavy (non-hydrogen) atoms. The monoisotopic (exact) mass is 353 g/mol. The van der Waals surface area contributed by atoms with Crippen molar-refractivity contribution < 1.29 is 19.4 Å². The first-order valence-electron chi connectivity index (χ1n) is 7.49. The number of carboxylic acids is 1. The second-order valence-corrected chi connectivity index (χ2v) is 5.75. The SMILES string of the molecule is CCC(C)C(Nc1nc(Cl)nc2cc(OC)c(OC)cc12)C(=O)O. The highest BCUT2D eigenvalue weighted by Gasteiger charge is 2.25. The predicted octanol–water partition coefficient (Wildman–Crippen LogP) is 3.21. The van der Waals surface area contributed by atoms with E-state index in [1.807, 2.05) is 13.8 Å². The van der Waals surface area contributed by atoms with Crippen molar-refractivity contribution in [3.63, 3.8) is 0 Å². The second-order valence-electron chi connectivity index (χ2n) is 5.41. The summed E-state index contributed by atoms with van der Waals surface area (Å²) in [6.07, 6.45) is 0.706. The topological polar surface area (TPSA) is 93.6 Å². The third kappa shape index (κ3) is 3.62. The van der Waals surface area contributed by atoms with Gasteiger partial charge in [-0.05, 0) is 23.6 Å². The maximum Gasteiger partial charge on any atom is 0.326 e. The molecule has 0 saturated carbocycles. The van der Waals surface area contributed by atoms with Gasteiger partial charge in [-0.2, -0.15) is 0 Å². The van der Waals surface area contributed by atoms with Crippen molar-refractivity contribution >= 4 is 34.3 Å². The lowest BCUT2D eigenvalue weighted by Gasteiger charge is -2.21. The van der Waals surface area contributed by atoms with Gasteiger partial charge in [0.15, 0.2) is 11.5 Å². The molecule has 0 aliphatic heterocycles. The summed E-state index contributed by atoms with van der Waals surface area (Å²) in [6, 6.07) is 2.58. The molecule has 8 heteroatoms. The second kappa shape index (κ2) is 7.53. The number of hydrogen-bond acceptors (Lipinski definition) is 6. The summed E-state index contributed by atoms with van der Waals surface area (Å²) < 4.78 is 10.5.